The SMILES string of the molecule is C.CC1=Nc2cc3c(cc2C1)OC[C@H](NC(=O)c1cnnn1Cc1ccccc1)C(=O)N3C. The largest absolute Gasteiger partial charge is 0.489 e. The molecule has 33 heavy (non-hydrogen) atoms. The Hall–Kier alpha value is -4.01. The summed E-state index contributed by atoms with van der Waals surface area (Å²) in [4.78, 5) is 32.1. The molecule has 2 aromatic carbocycles. The molecule has 9 nitrogen and oxygen atoms in total. The van der Waals surface area contributed by atoms with Gasteiger partial charge in [0.15, 0.2) is 0 Å². The molecule has 1 aromatic heterocycles. The number of benzene rings is 2. The highest BCUT2D eigenvalue weighted by Crippen LogP contribution is 2.39. The summed E-state index contributed by atoms with van der Waals surface area (Å²) in [6.45, 7) is 2.40. The third-order valence-electron chi connectivity index (χ3n) is 5.64. The molecule has 1 N–H and O–H groups in total. The van der Waals surface area contributed by atoms with E-state index < -0.39 is 11.9 Å². The van der Waals surface area contributed by atoms with Crippen molar-refractivity contribution in [2.24, 2.45) is 4.99 Å². The Labute approximate surface area is 192 Å². The number of aromatic nitrogens is 3. The van der Waals surface area contributed by atoms with Crippen molar-refractivity contribution in [1.29, 1.82) is 0 Å². The van der Waals surface area contributed by atoms with Gasteiger partial charge < -0.3 is 15.0 Å². The van der Waals surface area contributed by atoms with Crippen LogP contribution in [0.25, 0.3) is 0 Å². The van der Waals surface area contributed by atoms with Crippen molar-refractivity contribution in [3.63, 3.8) is 0 Å². The summed E-state index contributed by atoms with van der Waals surface area (Å²) in [5.41, 5.74) is 4.85. The van der Waals surface area contributed by atoms with Crippen LogP contribution < -0.4 is 15.0 Å². The van der Waals surface area contributed by atoms with E-state index in [2.05, 4.69) is 20.6 Å². The molecular weight excluding hydrogens is 420 g/mol. The number of nitrogens with one attached hydrogen (secondary N) is 1. The van der Waals surface area contributed by atoms with E-state index in [0.717, 1.165) is 28.9 Å². The third-order valence-corrected chi connectivity index (χ3v) is 5.64. The zero-order chi connectivity index (χ0) is 22.2. The van der Waals surface area contributed by atoms with Crippen LogP contribution in [0.4, 0.5) is 11.4 Å². The minimum atomic E-state index is -0.847. The molecular formula is C24H26N6O3. The Morgan fingerprint density at radius 3 is 2.82 bits per heavy atom. The lowest BCUT2D eigenvalue weighted by Gasteiger charge is -2.20. The number of amides is 2. The van der Waals surface area contributed by atoms with Crippen molar-refractivity contribution in [2.75, 3.05) is 18.6 Å². The summed E-state index contributed by atoms with van der Waals surface area (Å²) < 4.78 is 7.45. The number of rotatable bonds is 4. The number of likely N-dealkylation sites (N-methyl/N-ethyl adjacent to an activating group) is 1. The van der Waals surface area contributed by atoms with E-state index >= 15 is 0 Å². The molecule has 3 heterocycles. The minimum Gasteiger partial charge on any atom is -0.489 e. The van der Waals surface area contributed by atoms with Gasteiger partial charge in [0.2, 0.25) is 0 Å². The molecule has 1 atom stereocenters. The molecule has 0 fully saturated rings. The van der Waals surface area contributed by atoms with E-state index in [1.165, 1.54) is 15.8 Å². The number of carbonyl (C=O) groups excluding carboxylic acids is 2. The van der Waals surface area contributed by atoms with Crippen LogP contribution in [0.1, 0.15) is 36.0 Å². The quantitative estimate of drug-likeness (QED) is 0.664. The molecule has 0 aliphatic carbocycles. The molecule has 170 valence electrons. The Morgan fingerprint density at radius 1 is 1.24 bits per heavy atom. The van der Waals surface area contributed by atoms with E-state index in [1.54, 1.807) is 7.05 Å². The van der Waals surface area contributed by atoms with Crippen molar-refractivity contribution in [1.82, 2.24) is 20.3 Å². The average molecular weight is 447 g/mol. The summed E-state index contributed by atoms with van der Waals surface area (Å²) in [6.07, 6.45) is 2.16. The highest BCUT2D eigenvalue weighted by Gasteiger charge is 2.32. The molecule has 5 rings (SSSR count). The molecule has 0 saturated carbocycles. The molecule has 3 aromatic rings. The van der Waals surface area contributed by atoms with Crippen molar-refractivity contribution in [2.45, 2.75) is 33.4 Å². The van der Waals surface area contributed by atoms with Gasteiger partial charge in [0.05, 0.1) is 24.1 Å². The number of hydrogen-bond donors (Lipinski definition) is 1. The smallest absolute Gasteiger partial charge is 0.272 e. The van der Waals surface area contributed by atoms with Crippen molar-refractivity contribution in [3.8, 4) is 5.75 Å². The Balaban J connectivity index is 0.00000259. The maximum Gasteiger partial charge on any atom is 0.272 e. The fourth-order valence-corrected chi connectivity index (χ4v) is 3.98. The van der Waals surface area contributed by atoms with E-state index in [9.17, 15) is 9.59 Å². The fourth-order valence-electron chi connectivity index (χ4n) is 3.98. The fraction of sp³-hybridized carbons (Fsp3) is 0.292. The van der Waals surface area contributed by atoms with Crippen molar-refractivity contribution >= 4 is 28.9 Å². The van der Waals surface area contributed by atoms with Crippen molar-refractivity contribution < 1.29 is 14.3 Å². The molecule has 0 bridgehead atoms. The zero-order valence-electron chi connectivity index (χ0n) is 17.8. The maximum atomic E-state index is 13.1. The normalized spacial score (nSPS) is 16.7. The Bertz CT molecular complexity index is 1230. The van der Waals surface area contributed by atoms with E-state index in [1.807, 2.05) is 49.4 Å². The second-order valence-corrected chi connectivity index (χ2v) is 7.97. The van der Waals surface area contributed by atoms with E-state index in [0.29, 0.717) is 18.0 Å². The number of ether oxygens (including phenoxy) is 1. The lowest BCUT2D eigenvalue weighted by atomic mass is 10.1. The van der Waals surface area contributed by atoms with Crippen LogP contribution in [-0.4, -0.2) is 52.2 Å². The Kier molecular flexibility index (Phi) is 5.95. The number of anilines is 1. The lowest BCUT2D eigenvalue weighted by molar-refractivity contribution is -0.120. The molecule has 2 aliphatic heterocycles. The minimum absolute atomic E-state index is 0. The maximum absolute atomic E-state index is 13.1. The van der Waals surface area contributed by atoms with Gasteiger partial charge in [0.25, 0.3) is 11.8 Å². The van der Waals surface area contributed by atoms with E-state index in [4.69, 9.17) is 4.74 Å². The molecule has 2 aliphatic rings. The summed E-state index contributed by atoms with van der Waals surface area (Å²) in [7, 11) is 1.67. The molecule has 0 radical (unpaired) electrons. The van der Waals surface area contributed by atoms with Crippen LogP contribution in [-0.2, 0) is 17.8 Å². The predicted octanol–water partition coefficient (Wildman–Crippen LogP) is 2.76. The van der Waals surface area contributed by atoms with Crippen LogP contribution in [0.3, 0.4) is 0 Å². The topological polar surface area (TPSA) is 102 Å². The number of aliphatic imine (C=N–C) groups is 1. The van der Waals surface area contributed by atoms with Gasteiger partial charge in [0, 0.05) is 19.2 Å². The first-order valence-corrected chi connectivity index (χ1v) is 10.3. The summed E-state index contributed by atoms with van der Waals surface area (Å²) in [6, 6.07) is 12.6. The van der Waals surface area contributed by atoms with Crippen LogP contribution in [0.2, 0.25) is 0 Å². The second kappa shape index (κ2) is 8.85. The third kappa shape index (κ3) is 4.21. The van der Waals surface area contributed by atoms with E-state index in [-0.39, 0.29) is 25.6 Å². The standard InChI is InChI=1S/C23H22N6O3.CH4/c1-14-8-16-9-21-19(10-17(16)25-14)28(2)23(31)18(13-32-21)26-22(30)20-11-24-27-29(20)12-15-6-4-3-5-7-15;/h3-7,9-11,18H,8,12-13H2,1-2H3,(H,26,30);1H4/t18-;/m0./s1. The Morgan fingerprint density at radius 2 is 2.03 bits per heavy atom. The van der Waals surface area contributed by atoms with Gasteiger partial charge >= 0.3 is 0 Å². The first-order chi connectivity index (χ1) is 15.5. The number of carbonyl (C=O) groups is 2. The summed E-state index contributed by atoms with van der Waals surface area (Å²) in [5, 5.41) is 10.7. The highest BCUT2D eigenvalue weighted by molar-refractivity contribution is 6.03. The van der Waals surface area contributed by atoms with Gasteiger partial charge in [-0.25, -0.2) is 4.68 Å². The molecule has 9 heteroatoms. The van der Waals surface area contributed by atoms with Crippen LogP contribution in [0, 0.1) is 0 Å². The number of nitrogens with zero attached hydrogens (tertiary/aromatic N) is 5. The average Bonchev–Trinajstić information content (AvgIpc) is 3.37. The van der Waals surface area contributed by atoms with Gasteiger partial charge in [-0.3, -0.25) is 14.6 Å². The molecule has 0 saturated heterocycles. The van der Waals surface area contributed by atoms with Gasteiger partial charge in [-0.1, -0.05) is 43.0 Å². The first kappa shape index (κ1) is 22.2. The summed E-state index contributed by atoms with van der Waals surface area (Å²) in [5.74, 6) is -0.0928. The van der Waals surface area contributed by atoms with Crippen LogP contribution in [0.15, 0.2) is 53.7 Å². The second-order valence-electron chi connectivity index (χ2n) is 7.97. The number of hydrogen-bond acceptors (Lipinski definition) is 6. The monoisotopic (exact) mass is 446 g/mol. The summed E-state index contributed by atoms with van der Waals surface area (Å²) >= 11 is 0. The molecule has 2 amide bonds. The predicted molar refractivity (Wildman–Crippen MR) is 125 cm³/mol. The van der Waals surface area contributed by atoms with Crippen molar-refractivity contribution in [3.05, 3.63) is 65.5 Å². The van der Waals surface area contributed by atoms with Crippen LogP contribution >= 0.6 is 0 Å². The number of fused-ring (bicyclic) bond motifs is 2. The molecule has 0 spiro atoms. The van der Waals surface area contributed by atoms with Gasteiger partial charge in [-0.2, -0.15) is 0 Å². The highest BCUT2D eigenvalue weighted by atomic mass is 16.5. The zero-order valence-corrected chi connectivity index (χ0v) is 17.8. The first-order valence-electron chi connectivity index (χ1n) is 10.3. The van der Waals surface area contributed by atoms with Gasteiger partial charge in [0.1, 0.15) is 24.1 Å². The lowest BCUT2D eigenvalue weighted by Crippen LogP contribution is -2.49. The van der Waals surface area contributed by atoms with Crippen LogP contribution in [0.5, 0.6) is 5.75 Å². The van der Waals surface area contributed by atoms with Gasteiger partial charge in [-0.15, -0.1) is 5.10 Å². The molecule has 0 unspecified atom stereocenters. The van der Waals surface area contributed by atoms with Gasteiger partial charge in [-0.05, 0) is 30.2 Å².